The summed E-state index contributed by atoms with van der Waals surface area (Å²) in [4.78, 5) is 12.4. The molecule has 0 atom stereocenters. The van der Waals surface area contributed by atoms with Crippen LogP contribution in [-0.4, -0.2) is 15.8 Å². The van der Waals surface area contributed by atoms with Gasteiger partial charge in [0.1, 0.15) is 5.02 Å². The van der Waals surface area contributed by atoms with Gasteiger partial charge in [0.15, 0.2) is 0 Å². The Morgan fingerprint density at radius 2 is 1.96 bits per heavy atom. The summed E-state index contributed by atoms with van der Waals surface area (Å²) >= 11 is 6.08. The van der Waals surface area contributed by atoms with Crippen LogP contribution in [0.5, 0.6) is 0 Å². The Balaban J connectivity index is 1.95. The maximum atomic E-state index is 12.8. The van der Waals surface area contributed by atoms with Crippen molar-refractivity contribution >= 4 is 17.3 Å². The third-order valence-electron chi connectivity index (χ3n) is 3.70. The van der Waals surface area contributed by atoms with E-state index in [2.05, 4.69) is 10.4 Å². The Bertz CT molecular complexity index is 837. The van der Waals surface area contributed by atoms with Crippen molar-refractivity contribution in [2.45, 2.75) is 25.1 Å². The summed E-state index contributed by atoms with van der Waals surface area (Å²) in [6.07, 6.45) is 2.51. The topological polar surface area (TPSA) is 46.9 Å². The van der Waals surface area contributed by atoms with Gasteiger partial charge in [0.05, 0.1) is 23.1 Å². The van der Waals surface area contributed by atoms with Crippen LogP contribution in [0, 0.1) is 0 Å². The second-order valence-corrected chi connectivity index (χ2v) is 5.80. The number of hydrogen-bond acceptors (Lipinski definition) is 3. The Morgan fingerprint density at radius 1 is 1.25 bits per heavy atom. The van der Waals surface area contributed by atoms with Gasteiger partial charge in [-0.25, -0.2) is 0 Å². The van der Waals surface area contributed by atoms with Crippen LogP contribution in [0.3, 0.4) is 0 Å². The molecule has 1 aliphatic rings. The van der Waals surface area contributed by atoms with E-state index in [1.54, 1.807) is 0 Å². The molecule has 1 heterocycles. The van der Waals surface area contributed by atoms with E-state index in [9.17, 15) is 18.0 Å². The van der Waals surface area contributed by atoms with E-state index in [1.807, 2.05) is 12.2 Å². The molecular weight excluding hydrogens is 343 g/mol. The molecule has 0 spiro atoms. The first kappa shape index (κ1) is 16.6. The highest BCUT2D eigenvalue weighted by Gasteiger charge is 2.30. The fraction of sp³-hybridized carbons (Fsp3) is 0.250. The standard InChI is InChI=1S/C16H13ClF3N3O/c17-14-13(22-11-5-1-2-6-11)9-21-23(15(14)24)12-7-3-4-10(8-12)16(18,19)20/h1-4,7-9,11,22H,5-6H2. The van der Waals surface area contributed by atoms with Crippen molar-refractivity contribution in [2.24, 2.45) is 0 Å². The fourth-order valence-electron chi connectivity index (χ4n) is 2.49. The average molecular weight is 356 g/mol. The normalized spacial score (nSPS) is 15.0. The molecule has 0 amide bonds. The third-order valence-corrected chi connectivity index (χ3v) is 4.07. The third kappa shape index (κ3) is 3.31. The van der Waals surface area contributed by atoms with Gasteiger partial charge in [-0.05, 0) is 31.0 Å². The van der Waals surface area contributed by atoms with Gasteiger partial charge in [0, 0.05) is 6.04 Å². The second kappa shape index (κ2) is 6.32. The fourth-order valence-corrected chi connectivity index (χ4v) is 2.67. The highest BCUT2D eigenvalue weighted by atomic mass is 35.5. The molecule has 3 rings (SSSR count). The summed E-state index contributed by atoms with van der Waals surface area (Å²) in [7, 11) is 0. The lowest BCUT2D eigenvalue weighted by atomic mass is 10.2. The minimum absolute atomic E-state index is 0.00538. The zero-order valence-corrected chi connectivity index (χ0v) is 13.1. The summed E-state index contributed by atoms with van der Waals surface area (Å²) in [5, 5.41) is 6.96. The number of nitrogens with zero attached hydrogens (tertiary/aromatic N) is 2. The van der Waals surface area contributed by atoms with Gasteiger partial charge in [0.25, 0.3) is 5.56 Å². The van der Waals surface area contributed by atoms with Crippen molar-refractivity contribution in [2.75, 3.05) is 5.32 Å². The molecule has 0 saturated heterocycles. The minimum Gasteiger partial charge on any atom is -0.379 e. The van der Waals surface area contributed by atoms with E-state index in [-0.39, 0.29) is 16.8 Å². The number of anilines is 1. The summed E-state index contributed by atoms with van der Waals surface area (Å²) in [5.74, 6) is 0. The molecule has 0 unspecified atom stereocenters. The van der Waals surface area contributed by atoms with E-state index >= 15 is 0 Å². The molecule has 0 aliphatic heterocycles. The predicted molar refractivity (Wildman–Crippen MR) is 85.6 cm³/mol. The molecule has 1 aliphatic carbocycles. The van der Waals surface area contributed by atoms with E-state index in [1.165, 1.54) is 18.3 Å². The van der Waals surface area contributed by atoms with Crippen LogP contribution < -0.4 is 10.9 Å². The number of halogens is 4. The quantitative estimate of drug-likeness (QED) is 0.845. The number of hydrogen-bond donors (Lipinski definition) is 1. The van der Waals surface area contributed by atoms with Crippen LogP contribution in [0.15, 0.2) is 47.4 Å². The van der Waals surface area contributed by atoms with Crippen LogP contribution in [0.1, 0.15) is 18.4 Å². The maximum Gasteiger partial charge on any atom is 0.416 e. The molecular formula is C16H13ClF3N3O. The lowest BCUT2D eigenvalue weighted by molar-refractivity contribution is -0.137. The summed E-state index contributed by atoms with van der Waals surface area (Å²) in [5.41, 5.74) is -1.15. The Hall–Kier alpha value is -2.28. The summed E-state index contributed by atoms with van der Waals surface area (Å²) in [6.45, 7) is 0. The Morgan fingerprint density at radius 3 is 2.62 bits per heavy atom. The molecule has 1 aromatic carbocycles. The van der Waals surface area contributed by atoms with Crippen LogP contribution in [0.25, 0.3) is 5.69 Å². The van der Waals surface area contributed by atoms with Gasteiger partial charge in [0.2, 0.25) is 0 Å². The molecule has 0 radical (unpaired) electrons. The van der Waals surface area contributed by atoms with Crippen molar-refractivity contribution in [3.63, 3.8) is 0 Å². The molecule has 126 valence electrons. The van der Waals surface area contributed by atoms with E-state index < -0.39 is 17.3 Å². The van der Waals surface area contributed by atoms with E-state index in [4.69, 9.17) is 11.6 Å². The second-order valence-electron chi connectivity index (χ2n) is 5.42. The first-order chi connectivity index (χ1) is 11.4. The largest absolute Gasteiger partial charge is 0.416 e. The number of benzene rings is 1. The van der Waals surface area contributed by atoms with Crippen LogP contribution in [0.2, 0.25) is 5.02 Å². The van der Waals surface area contributed by atoms with Crippen molar-refractivity contribution in [1.29, 1.82) is 0 Å². The van der Waals surface area contributed by atoms with E-state index in [0.717, 1.165) is 29.7 Å². The molecule has 0 bridgehead atoms. The van der Waals surface area contributed by atoms with Gasteiger partial charge < -0.3 is 5.32 Å². The Kier molecular flexibility index (Phi) is 4.36. The molecule has 0 saturated carbocycles. The molecule has 0 fully saturated rings. The highest BCUT2D eigenvalue weighted by Crippen LogP contribution is 2.30. The number of rotatable bonds is 3. The van der Waals surface area contributed by atoms with Gasteiger partial charge in [-0.1, -0.05) is 29.8 Å². The van der Waals surface area contributed by atoms with Gasteiger partial charge >= 0.3 is 6.18 Å². The SMILES string of the molecule is O=c1c(Cl)c(NC2CC=CC2)cnn1-c1cccc(C(F)(F)F)c1. The monoisotopic (exact) mass is 355 g/mol. The zero-order chi connectivity index (χ0) is 17.3. The van der Waals surface area contributed by atoms with Crippen LogP contribution in [0.4, 0.5) is 18.9 Å². The van der Waals surface area contributed by atoms with Crippen molar-refractivity contribution in [3.05, 3.63) is 63.6 Å². The van der Waals surface area contributed by atoms with Crippen LogP contribution >= 0.6 is 11.6 Å². The van der Waals surface area contributed by atoms with Gasteiger partial charge in [-0.3, -0.25) is 4.79 Å². The molecule has 24 heavy (non-hydrogen) atoms. The lowest BCUT2D eigenvalue weighted by Crippen LogP contribution is -2.25. The average Bonchev–Trinajstić information content (AvgIpc) is 3.04. The van der Waals surface area contributed by atoms with Crippen molar-refractivity contribution in [3.8, 4) is 5.69 Å². The minimum atomic E-state index is -4.50. The van der Waals surface area contributed by atoms with Crippen molar-refractivity contribution < 1.29 is 13.2 Å². The number of nitrogens with one attached hydrogen (secondary N) is 1. The molecule has 1 aromatic heterocycles. The van der Waals surface area contributed by atoms with Crippen LogP contribution in [-0.2, 0) is 6.18 Å². The summed E-state index contributed by atoms with van der Waals surface area (Å²) in [6, 6.07) is 4.51. The van der Waals surface area contributed by atoms with E-state index in [0.29, 0.717) is 5.69 Å². The zero-order valence-electron chi connectivity index (χ0n) is 12.3. The molecule has 8 heteroatoms. The number of aromatic nitrogens is 2. The molecule has 2 aromatic rings. The lowest BCUT2D eigenvalue weighted by Gasteiger charge is -2.15. The number of alkyl halides is 3. The highest BCUT2D eigenvalue weighted by molar-refractivity contribution is 6.33. The van der Waals surface area contributed by atoms with Crippen molar-refractivity contribution in [1.82, 2.24) is 9.78 Å². The van der Waals surface area contributed by atoms with Gasteiger partial charge in [-0.15, -0.1) is 0 Å². The van der Waals surface area contributed by atoms with Gasteiger partial charge in [-0.2, -0.15) is 23.0 Å². The summed E-state index contributed by atoms with van der Waals surface area (Å²) < 4.78 is 39.3. The smallest absolute Gasteiger partial charge is 0.379 e. The maximum absolute atomic E-state index is 12.8. The Labute approximate surface area is 140 Å². The molecule has 1 N–H and O–H groups in total. The first-order valence-electron chi connectivity index (χ1n) is 7.23. The first-order valence-corrected chi connectivity index (χ1v) is 7.61. The molecule has 4 nitrogen and oxygen atoms in total. The predicted octanol–water partition coefficient (Wildman–Crippen LogP) is 4.04.